The van der Waals surface area contributed by atoms with Gasteiger partial charge in [0, 0.05) is 7.11 Å². The van der Waals surface area contributed by atoms with E-state index in [0.717, 1.165) is 12.8 Å². The normalized spacial score (nSPS) is 35.5. The van der Waals surface area contributed by atoms with E-state index in [4.69, 9.17) is 18.9 Å². The summed E-state index contributed by atoms with van der Waals surface area (Å²) in [5.41, 5.74) is 0. The minimum Gasteiger partial charge on any atom is -0.387 e. The number of unbranched alkanes of at least 4 members (excludes halogenated alkanes) is 8. The Hall–Kier alpha value is -0.240. The smallest absolute Gasteiger partial charge is 0.186 e. The molecule has 0 radical (unpaired) electrons. The molecule has 148 valence electrons. The van der Waals surface area contributed by atoms with E-state index in [9.17, 15) is 10.2 Å². The molecule has 1 unspecified atom stereocenters. The maximum absolute atomic E-state index is 10.2. The van der Waals surface area contributed by atoms with Crippen molar-refractivity contribution in [1.82, 2.24) is 0 Å². The Bertz CT molecular complexity index is 351. The first-order chi connectivity index (χ1) is 12.2. The molecule has 25 heavy (non-hydrogen) atoms. The molecule has 6 atom stereocenters. The van der Waals surface area contributed by atoms with Gasteiger partial charge in [0.2, 0.25) is 0 Å². The summed E-state index contributed by atoms with van der Waals surface area (Å²) in [5.74, 6) is 0. The summed E-state index contributed by atoms with van der Waals surface area (Å²) in [7, 11) is 1.44. The largest absolute Gasteiger partial charge is 0.387 e. The Labute approximate surface area is 151 Å². The average molecular weight is 360 g/mol. The molecule has 0 amide bonds. The third-order valence-corrected chi connectivity index (χ3v) is 5.17. The van der Waals surface area contributed by atoms with E-state index in [-0.39, 0.29) is 6.29 Å². The molecule has 2 aliphatic heterocycles. The van der Waals surface area contributed by atoms with Gasteiger partial charge in [-0.3, -0.25) is 0 Å². The summed E-state index contributed by atoms with van der Waals surface area (Å²) >= 11 is 0. The number of hydrogen-bond acceptors (Lipinski definition) is 6. The number of hydrogen-bond donors (Lipinski definition) is 2. The van der Waals surface area contributed by atoms with Crippen molar-refractivity contribution in [3.63, 3.8) is 0 Å². The van der Waals surface area contributed by atoms with Crippen molar-refractivity contribution >= 4 is 0 Å². The third kappa shape index (κ3) is 6.45. The van der Waals surface area contributed by atoms with Crippen LogP contribution in [0.1, 0.15) is 71.1 Å². The zero-order valence-corrected chi connectivity index (χ0v) is 15.8. The van der Waals surface area contributed by atoms with Crippen LogP contribution in [-0.2, 0) is 18.9 Å². The zero-order valence-electron chi connectivity index (χ0n) is 15.8. The zero-order chi connectivity index (χ0) is 18.1. The summed E-state index contributed by atoms with van der Waals surface area (Å²) in [4.78, 5) is 0. The Morgan fingerprint density at radius 3 is 2.16 bits per heavy atom. The molecule has 0 saturated carbocycles. The SMILES string of the molecule is CCCCCCCCCCCC1OC[C@H]2O[C@H](OC)[C@H](O)[C@@H](O)[C@@H]2O1. The quantitative estimate of drug-likeness (QED) is 0.552. The van der Waals surface area contributed by atoms with E-state index < -0.39 is 30.7 Å². The molecule has 0 bridgehead atoms. The van der Waals surface area contributed by atoms with Crippen LogP contribution in [-0.4, -0.2) is 60.9 Å². The average Bonchev–Trinajstić information content (AvgIpc) is 2.63. The van der Waals surface area contributed by atoms with E-state index in [1.807, 2.05) is 0 Å². The molecular weight excluding hydrogens is 324 g/mol. The van der Waals surface area contributed by atoms with Crippen LogP contribution < -0.4 is 0 Å². The van der Waals surface area contributed by atoms with Gasteiger partial charge in [-0.2, -0.15) is 0 Å². The van der Waals surface area contributed by atoms with E-state index >= 15 is 0 Å². The van der Waals surface area contributed by atoms with Crippen LogP contribution in [0.15, 0.2) is 0 Å². The summed E-state index contributed by atoms with van der Waals surface area (Å²) in [6.07, 6.45) is 8.08. The molecule has 2 fully saturated rings. The van der Waals surface area contributed by atoms with Gasteiger partial charge in [-0.1, -0.05) is 58.3 Å². The molecule has 0 aromatic carbocycles. The van der Waals surface area contributed by atoms with Crippen LogP contribution >= 0.6 is 0 Å². The number of ether oxygens (including phenoxy) is 4. The maximum Gasteiger partial charge on any atom is 0.186 e. The topological polar surface area (TPSA) is 77.4 Å². The van der Waals surface area contributed by atoms with Crippen LogP contribution in [0.4, 0.5) is 0 Å². The predicted molar refractivity (Wildman–Crippen MR) is 94.1 cm³/mol. The summed E-state index contributed by atoms with van der Waals surface area (Å²) in [5, 5.41) is 20.2. The van der Waals surface area contributed by atoms with Crippen LogP contribution in [0.3, 0.4) is 0 Å². The Morgan fingerprint density at radius 1 is 0.880 bits per heavy atom. The van der Waals surface area contributed by atoms with Gasteiger partial charge in [0.15, 0.2) is 12.6 Å². The van der Waals surface area contributed by atoms with E-state index in [1.165, 1.54) is 58.5 Å². The van der Waals surface area contributed by atoms with E-state index in [1.54, 1.807) is 0 Å². The van der Waals surface area contributed by atoms with Crippen LogP contribution in [0, 0.1) is 0 Å². The summed E-state index contributed by atoms with van der Waals surface area (Å²) < 4.78 is 22.2. The van der Waals surface area contributed by atoms with Crippen molar-refractivity contribution in [3.8, 4) is 0 Å². The van der Waals surface area contributed by atoms with E-state index in [0.29, 0.717) is 6.61 Å². The van der Waals surface area contributed by atoms with E-state index in [2.05, 4.69) is 6.92 Å². The summed E-state index contributed by atoms with van der Waals surface area (Å²) in [6.45, 7) is 2.60. The molecule has 0 aromatic rings. The highest BCUT2D eigenvalue weighted by Gasteiger charge is 2.48. The molecule has 0 aliphatic carbocycles. The van der Waals surface area contributed by atoms with Crippen molar-refractivity contribution in [2.75, 3.05) is 13.7 Å². The number of fused-ring (bicyclic) bond motifs is 1. The standard InChI is InChI=1S/C19H36O6/c1-3-4-5-6-7-8-9-10-11-12-15-23-13-14-18(25-15)16(20)17(21)19(22-2)24-14/h14-21H,3-13H2,1-2H3/t14-,15?,16-,17-,18-,19+/m1/s1. The van der Waals surface area contributed by atoms with Gasteiger partial charge in [-0.05, 0) is 12.8 Å². The van der Waals surface area contributed by atoms with Crippen LogP contribution in [0.2, 0.25) is 0 Å². The number of methoxy groups -OCH3 is 1. The van der Waals surface area contributed by atoms with Crippen LogP contribution in [0.25, 0.3) is 0 Å². The molecule has 6 heteroatoms. The van der Waals surface area contributed by atoms with Gasteiger partial charge in [-0.25, -0.2) is 0 Å². The van der Waals surface area contributed by atoms with Crippen molar-refractivity contribution < 1.29 is 29.2 Å². The monoisotopic (exact) mass is 360 g/mol. The van der Waals surface area contributed by atoms with Gasteiger partial charge in [-0.15, -0.1) is 0 Å². The molecule has 0 aromatic heterocycles. The molecule has 2 rings (SSSR count). The highest BCUT2D eigenvalue weighted by Crippen LogP contribution is 2.30. The first-order valence-corrected chi connectivity index (χ1v) is 9.98. The fraction of sp³-hybridized carbons (Fsp3) is 1.00. The lowest BCUT2D eigenvalue weighted by Crippen LogP contribution is -2.63. The molecule has 2 saturated heterocycles. The molecular formula is C19H36O6. The second kappa shape index (κ2) is 11.5. The second-order valence-electron chi connectivity index (χ2n) is 7.24. The van der Waals surface area contributed by atoms with Crippen LogP contribution in [0.5, 0.6) is 0 Å². The lowest BCUT2D eigenvalue weighted by atomic mass is 9.98. The fourth-order valence-corrected chi connectivity index (χ4v) is 3.59. The third-order valence-electron chi connectivity index (χ3n) is 5.17. The minimum absolute atomic E-state index is 0.324. The minimum atomic E-state index is -1.10. The number of rotatable bonds is 11. The first-order valence-electron chi connectivity index (χ1n) is 9.98. The Kier molecular flexibility index (Phi) is 9.66. The maximum atomic E-state index is 10.2. The van der Waals surface area contributed by atoms with Crippen molar-refractivity contribution in [2.24, 2.45) is 0 Å². The lowest BCUT2D eigenvalue weighted by Gasteiger charge is -2.45. The Morgan fingerprint density at radius 2 is 1.52 bits per heavy atom. The second-order valence-corrected chi connectivity index (χ2v) is 7.24. The fourth-order valence-electron chi connectivity index (χ4n) is 3.59. The highest BCUT2D eigenvalue weighted by molar-refractivity contribution is 4.92. The van der Waals surface area contributed by atoms with Crippen molar-refractivity contribution in [2.45, 2.75) is 108 Å². The van der Waals surface area contributed by atoms with Crippen molar-refractivity contribution in [1.29, 1.82) is 0 Å². The number of aliphatic hydroxyl groups excluding tert-OH is 2. The molecule has 2 heterocycles. The van der Waals surface area contributed by atoms with Gasteiger partial charge < -0.3 is 29.2 Å². The van der Waals surface area contributed by atoms with Gasteiger partial charge in [0.25, 0.3) is 0 Å². The number of aliphatic hydroxyl groups is 2. The first kappa shape index (κ1) is 21.1. The molecule has 0 spiro atoms. The van der Waals surface area contributed by atoms with Crippen molar-refractivity contribution in [3.05, 3.63) is 0 Å². The Balaban J connectivity index is 1.58. The van der Waals surface area contributed by atoms with Gasteiger partial charge >= 0.3 is 0 Å². The van der Waals surface area contributed by atoms with Gasteiger partial charge in [0.05, 0.1) is 6.61 Å². The molecule has 2 aliphatic rings. The molecule has 6 nitrogen and oxygen atoms in total. The highest BCUT2D eigenvalue weighted by atomic mass is 16.7. The summed E-state index contributed by atoms with van der Waals surface area (Å²) in [6, 6.07) is 0. The van der Waals surface area contributed by atoms with Gasteiger partial charge in [0.1, 0.15) is 24.4 Å². The lowest BCUT2D eigenvalue weighted by molar-refractivity contribution is -0.356. The predicted octanol–water partition coefficient (Wildman–Crippen LogP) is 2.74. The molecule has 2 N–H and O–H groups in total.